The molecule has 1 aliphatic heterocycles. The van der Waals surface area contributed by atoms with E-state index in [0.29, 0.717) is 19.6 Å². The Hall–Kier alpha value is -2.14. The molecular formula is C20H27N3O2. The molecule has 3 rings (SSSR count). The second-order valence-electron chi connectivity index (χ2n) is 6.78. The molecule has 0 radical (unpaired) electrons. The molecule has 2 heterocycles. The highest BCUT2D eigenvalue weighted by atomic mass is 16.5. The molecule has 0 bridgehead atoms. The van der Waals surface area contributed by atoms with Gasteiger partial charge in [0.15, 0.2) is 0 Å². The van der Waals surface area contributed by atoms with Crippen LogP contribution in [0, 0.1) is 13.8 Å². The summed E-state index contributed by atoms with van der Waals surface area (Å²) in [5, 5.41) is 4.42. The molecule has 25 heavy (non-hydrogen) atoms. The van der Waals surface area contributed by atoms with Crippen LogP contribution in [-0.2, 0) is 22.7 Å². The number of nitrogens with zero attached hydrogens (tertiary/aromatic N) is 3. The highest BCUT2D eigenvalue weighted by molar-refractivity contribution is 5.76. The lowest BCUT2D eigenvalue weighted by molar-refractivity contribution is -0.134. The maximum atomic E-state index is 12.4. The maximum Gasteiger partial charge on any atom is 0.224 e. The first kappa shape index (κ1) is 17.7. The van der Waals surface area contributed by atoms with Crippen LogP contribution in [0.25, 0.3) is 0 Å². The second kappa shape index (κ2) is 8.30. The molecule has 134 valence electrons. The Morgan fingerprint density at radius 1 is 1.20 bits per heavy atom. The van der Waals surface area contributed by atoms with Gasteiger partial charge in [-0.1, -0.05) is 30.3 Å². The van der Waals surface area contributed by atoms with Gasteiger partial charge in [0.25, 0.3) is 0 Å². The molecule has 0 atom stereocenters. The third-order valence-electron chi connectivity index (χ3n) is 4.76. The Morgan fingerprint density at radius 3 is 2.56 bits per heavy atom. The number of likely N-dealkylation sites (tertiary alicyclic amines) is 1. The van der Waals surface area contributed by atoms with Crippen molar-refractivity contribution in [2.75, 3.05) is 13.1 Å². The molecule has 1 saturated heterocycles. The van der Waals surface area contributed by atoms with Gasteiger partial charge in [0.05, 0.1) is 18.4 Å². The molecule has 0 saturated carbocycles. The minimum Gasteiger partial charge on any atom is -0.373 e. The van der Waals surface area contributed by atoms with Crippen molar-refractivity contribution in [3.63, 3.8) is 0 Å². The van der Waals surface area contributed by atoms with Crippen molar-refractivity contribution in [1.29, 1.82) is 0 Å². The van der Waals surface area contributed by atoms with E-state index in [1.807, 2.05) is 47.7 Å². The summed E-state index contributed by atoms with van der Waals surface area (Å²) in [5.41, 5.74) is 3.31. The summed E-state index contributed by atoms with van der Waals surface area (Å²) in [6, 6.07) is 12.3. The molecule has 5 nitrogen and oxygen atoms in total. The van der Waals surface area contributed by atoms with Crippen LogP contribution in [0.3, 0.4) is 0 Å². The normalized spacial score (nSPS) is 15.5. The molecule has 1 aliphatic rings. The van der Waals surface area contributed by atoms with Crippen molar-refractivity contribution < 1.29 is 9.53 Å². The Labute approximate surface area is 149 Å². The molecule has 2 aromatic rings. The van der Waals surface area contributed by atoms with Gasteiger partial charge >= 0.3 is 0 Å². The molecule has 1 amide bonds. The number of benzene rings is 1. The second-order valence-corrected chi connectivity index (χ2v) is 6.78. The molecule has 1 fully saturated rings. The van der Waals surface area contributed by atoms with Crippen molar-refractivity contribution in [3.05, 3.63) is 53.3 Å². The van der Waals surface area contributed by atoms with E-state index in [2.05, 4.69) is 17.2 Å². The fourth-order valence-corrected chi connectivity index (χ4v) is 3.32. The lowest BCUT2D eigenvalue weighted by Crippen LogP contribution is -2.41. The summed E-state index contributed by atoms with van der Waals surface area (Å²) in [5.74, 6) is 0.217. The number of hydrogen-bond acceptors (Lipinski definition) is 3. The highest BCUT2D eigenvalue weighted by Crippen LogP contribution is 2.17. The van der Waals surface area contributed by atoms with E-state index in [9.17, 15) is 4.79 Å². The number of aryl methyl sites for hydroxylation is 3. The summed E-state index contributed by atoms with van der Waals surface area (Å²) in [6.07, 6.45) is 2.59. The van der Waals surface area contributed by atoms with Gasteiger partial charge in [-0.05, 0) is 38.3 Å². The van der Waals surface area contributed by atoms with E-state index in [1.54, 1.807) is 0 Å². The number of carbonyl (C=O) groups is 1. The van der Waals surface area contributed by atoms with Crippen LogP contribution in [0.2, 0.25) is 0 Å². The fourth-order valence-electron chi connectivity index (χ4n) is 3.32. The topological polar surface area (TPSA) is 47.4 Å². The first-order valence-corrected chi connectivity index (χ1v) is 9.06. The summed E-state index contributed by atoms with van der Waals surface area (Å²) in [4.78, 5) is 14.4. The first-order chi connectivity index (χ1) is 12.1. The average molecular weight is 341 g/mol. The van der Waals surface area contributed by atoms with E-state index in [0.717, 1.165) is 37.3 Å². The zero-order chi connectivity index (χ0) is 17.6. The van der Waals surface area contributed by atoms with Gasteiger partial charge in [-0.3, -0.25) is 9.48 Å². The van der Waals surface area contributed by atoms with Gasteiger partial charge in [-0.2, -0.15) is 5.10 Å². The Bertz CT molecular complexity index is 688. The predicted octanol–water partition coefficient (Wildman–Crippen LogP) is 3.10. The number of rotatable bonds is 6. The standard InChI is InChI=1S/C20H27N3O2/c1-16-14-17(2)23(21-16)13-10-20(24)22-11-8-19(9-12-22)25-15-18-6-4-3-5-7-18/h3-7,14,19H,8-13,15H2,1-2H3. The average Bonchev–Trinajstić information content (AvgIpc) is 2.96. The molecule has 1 aromatic heterocycles. The molecule has 0 spiro atoms. The molecule has 5 heteroatoms. The van der Waals surface area contributed by atoms with Crippen molar-refractivity contribution in [3.8, 4) is 0 Å². The van der Waals surface area contributed by atoms with Gasteiger partial charge in [-0.15, -0.1) is 0 Å². The number of amides is 1. The summed E-state index contributed by atoms with van der Waals surface area (Å²) >= 11 is 0. The summed E-state index contributed by atoms with van der Waals surface area (Å²) in [7, 11) is 0. The molecule has 0 unspecified atom stereocenters. The smallest absolute Gasteiger partial charge is 0.224 e. The van der Waals surface area contributed by atoms with Crippen LogP contribution in [0.15, 0.2) is 36.4 Å². The lowest BCUT2D eigenvalue weighted by Gasteiger charge is -2.32. The summed E-state index contributed by atoms with van der Waals surface area (Å²) in [6.45, 7) is 6.89. The Morgan fingerprint density at radius 2 is 1.92 bits per heavy atom. The van der Waals surface area contributed by atoms with Crippen molar-refractivity contribution in [1.82, 2.24) is 14.7 Å². The fraction of sp³-hybridized carbons (Fsp3) is 0.500. The zero-order valence-corrected chi connectivity index (χ0v) is 15.1. The minimum atomic E-state index is 0.217. The van der Waals surface area contributed by atoms with Crippen molar-refractivity contribution in [2.24, 2.45) is 0 Å². The van der Waals surface area contributed by atoms with E-state index < -0.39 is 0 Å². The van der Waals surface area contributed by atoms with E-state index in [4.69, 9.17) is 4.74 Å². The van der Waals surface area contributed by atoms with Gasteiger partial charge in [0.1, 0.15) is 0 Å². The zero-order valence-electron chi connectivity index (χ0n) is 15.1. The van der Waals surface area contributed by atoms with Crippen molar-refractivity contribution in [2.45, 2.75) is 52.4 Å². The molecule has 1 aromatic carbocycles. The van der Waals surface area contributed by atoms with Crippen LogP contribution in [0.1, 0.15) is 36.2 Å². The van der Waals surface area contributed by atoms with Gasteiger partial charge in [-0.25, -0.2) is 0 Å². The third-order valence-corrected chi connectivity index (χ3v) is 4.76. The van der Waals surface area contributed by atoms with Crippen LogP contribution < -0.4 is 0 Å². The number of hydrogen-bond donors (Lipinski definition) is 0. The SMILES string of the molecule is Cc1cc(C)n(CCC(=O)N2CCC(OCc3ccccc3)CC2)n1. The molecule has 0 N–H and O–H groups in total. The quantitative estimate of drug-likeness (QED) is 0.811. The minimum absolute atomic E-state index is 0.217. The van der Waals surface area contributed by atoms with Crippen LogP contribution in [0.4, 0.5) is 0 Å². The van der Waals surface area contributed by atoms with Gasteiger partial charge in [0, 0.05) is 31.7 Å². The summed E-state index contributed by atoms with van der Waals surface area (Å²) < 4.78 is 7.91. The maximum absolute atomic E-state index is 12.4. The molecular weight excluding hydrogens is 314 g/mol. The predicted molar refractivity (Wildman–Crippen MR) is 97.2 cm³/mol. The van der Waals surface area contributed by atoms with Gasteiger partial charge < -0.3 is 9.64 Å². The Balaban J connectivity index is 1.39. The van der Waals surface area contributed by atoms with Crippen LogP contribution in [-0.4, -0.2) is 39.8 Å². The van der Waals surface area contributed by atoms with Crippen molar-refractivity contribution >= 4 is 5.91 Å². The number of piperidine rings is 1. The van der Waals surface area contributed by atoms with E-state index >= 15 is 0 Å². The number of carbonyl (C=O) groups excluding carboxylic acids is 1. The third kappa shape index (κ3) is 4.92. The molecule has 0 aliphatic carbocycles. The monoisotopic (exact) mass is 341 g/mol. The van der Waals surface area contributed by atoms with Gasteiger partial charge in [0.2, 0.25) is 5.91 Å². The lowest BCUT2D eigenvalue weighted by atomic mass is 10.1. The Kier molecular flexibility index (Phi) is 5.87. The largest absolute Gasteiger partial charge is 0.373 e. The van der Waals surface area contributed by atoms with E-state index in [1.165, 1.54) is 5.56 Å². The van der Waals surface area contributed by atoms with Crippen LogP contribution in [0.5, 0.6) is 0 Å². The number of aromatic nitrogens is 2. The first-order valence-electron chi connectivity index (χ1n) is 9.06. The highest BCUT2D eigenvalue weighted by Gasteiger charge is 2.23. The van der Waals surface area contributed by atoms with E-state index in [-0.39, 0.29) is 12.0 Å². The van der Waals surface area contributed by atoms with Crippen LogP contribution >= 0.6 is 0 Å². The number of ether oxygens (including phenoxy) is 1.